The van der Waals surface area contributed by atoms with E-state index in [0.717, 1.165) is 5.56 Å². The van der Waals surface area contributed by atoms with Gasteiger partial charge in [0.2, 0.25) is 0 Å². The van der Waals surface area contributed by atoms with Crippen molar-refractivity contribution in [1.29, 1.82) is 0 Å². The maximum absolute atomic E-state index is 9.20. The summed E-state index contributed by atoms with van der Waals surface area (Å²) in [7, 11) is -1.54. The van der Waals surface area contributed by atoms with E-state index >= 15 is 0 Å². The highest BCUT2D eigenvalue weighted by Gasteiger charge is 2.16. The second-order valence-electron chi connectivity index (χ2n) is 3.83. The molecule has 0 unspecified atom stereocenters. The minimum Gasteiger partial charge on any atom is -0.489 e. The maximum Gasteiger partial charge on any atom is 0.492 e. The molecule has 92 valence electrons. The Hall–Kier alpha value is -1.49. The van der Waals surface area contributed by atoms with Gasteiger partial charge in [0.1, 0.15) is 12.4 Å². The van der Waals surface area contributed by atoms with E-state index in [1.807, 2.05) is 12.1 Å². The molecule has 0 radical (unpaired) electrons. The van der Waals surface area contributed by atoms with Crippen molar-refractivity contribution in [2.45, 2.75) is 6.61 Å². The Bertz CT molecular complexity index is 514. The number of hydrogen-bond donors (Lipinski definition) is 2. The lowest BCUT2D eigenvalue weighted by atomic mass is 9.79. The van der Waals surface area contributed by atoms with Gasteiger partial charge in [-0.15, -0.1) is 0 Å². The Morgan fingerprint density at radius 3 is 2.33 bits per heavy atom. The van der Waals surface area contributed by atoms with Crippen LogP contribution in [0.2, 0.25) is 5.02 Å². The third-order valence-electron chi connectivity index (χ3n) is 2.50. The lowest BCUT2D eigenvalue weighted by molar-refractivity contribution is 0.306. The van der Waals surface area contributed by atoms with Crippen LogP contribution in [0.25, 0.3) is 0 Å². The van der Waals surface area contributed by atoms with Gasteiger partial charge in [-0.1, -0.05) is 41.9 Å². The van der Waals surface area contributed by atoms with Crippen LogP contribution in [0.5, 0.6) is 5.75 Å². The smallest absolute Gasteiger partial charge is 0.489 e. The highest BCUT2D eigenvalue weighted by molar-refractivity contribution is 6.59. The van der Waals surface area contributed by atoms with Gasteiger partial charge in [-0.3, -0.25) is 0 Å². The highest BCUT2D eigenvalue weighted by atomic mass is 35.5. The fourth-order valence-corrected chi connectivity index (χ4v) is 1.69. The van der Waals surface area contributed by atoms with Crippen molar-refractivity contribution in [3.8, 4) is 5.75 Å². The number of para-hydroxylation sites is 1. The lowest BCUT2D eigenvalue weighted by Gasteiger charge is -2.10. The molecule has 18 heavy (non-hydrogen) atoms. The molecular weight excluding hydrogens is 250 g/mol. The average molecular weight is 263 g/mol. The summed E-state index contributed by atoms with van der Waals surface area (Å²) in [6.45, 7) is 0.348. The second-order valence-corrected chi connectivity index (χ2v) is 4.26. The van der Waals surface area contributed by atoms with Gasteiger partial charge in [-0.25, -0.2) is 0 Å². The molecule has 0 saturated carbocycles. The Kier molecular flexibility index (Phi) is 4.26. The van der Waals surface area contributed by atoms with Crippen LogP contribution in [0.3, 0.4) is 0 Å². The molecule has 0 aliphatic rings. The summed E-state index contributed by atoms with van der Waals surface area (Å²) in [5.41, 5.74) is 1.31. The molecule has 0 aliphatic carbocycles. The zero-order valence-electron chi connectivity index (χ0n) is 9.58. The first-order valence-corrected chi connectivity index (χ1v) is 5.87. The van der Waals surface area contributed by atoms with Crippen molar-refractivity contribution in [2.75, 3.05) is 0 Å². The zero-order valence-corrected chi connectivity index (χ0v) is 10.3. The molecule has 0 fully saturated rings. The number of halogens is 1. The summed E-state index contributed by atoms with van der Waals surface area (Å²) >= 11 is 5.79. The summed E-state index contributed by atoms with van der Waals surface area (Å²) in [6, 6.07) is 14.1. The molecule has 0 amide bonds. The number of ether oxygens (including phenoxy) is 1. The predicted molar refractivity (Wildman–Crippen MR) is 72.1 cm³/mol. The monoisotopic (exact) mass is 262 g/mol. The fraction of sp³-hybridized carbons (Fsp3) is 0.0769. The van der Waals surface area contributed by atoms with Crippen LogP contribution in [0.4, 0.5) is 0 Å². The van der Waals surface area contributed by atoms with Gasteiger partial charge in [-0.2, -0.15) is 0 Å². The summed E-state index contributed by atoms with van der Waals surface area (Å²) < 4.78 is 5.56. The van der Waals surface area contributed by atoms with Crippen LogP contribution in [0, 0.1) is 0 Å². The van der Waals surface area contributed by atoms with E-state index in [1.165, 1.54) is 0 Å². The van der Waals surface area contributed by atoms with E-state index in [4.69, 9.17) is 16.3 Å². The topological polar surface area (TPSA) is 49.7 Å². The molecule has 0 aromatic heterocycles. The third kappa shape index (κ3) is 3.26. The highest BCUT2D eigenvalue weighted by Crippen LogP contribution is 2.13. The Labute approximate surface area is 111 Å². The molecule has 2 rings (SSSR count). The molecule has 0 saturated heterocycles. The van der Waals surface area contributed by atoms with Gasteiger partial charge in [0, 0.05) is 10.5 Å². The predicted octanol–water partition coefficient (Wildman–Crippen LogP) is 1.60. The van der Waals surface area contributed by atoms with Crippen LogP contribution in [0.1, 0.15) is 5.56 Å². The molecule has 2 N–H and O–H groups in total. The standard InChI is InChI=1S/C13H12BClO3/c15-11-7-5-10(6-8-11)9-18-13-4-2-1-3-12(13)14(16)17/h1-8,16-17H,9H2. The molecule has 3 nitrogen and oxygen atoms in total. The molecule has 2 aromatic rings. The zero-order chi connectivity index (χ0) is 13.0. The van der Waals surface area contributed by atoms with Crippen LogP contribution in [-0.4, -0.2) is 17.2 Å². The second kappa shape index (κ2) is 5.91. The maximum atomic E-state index is 9.20. The fourth-order valence-electron chi connectivity index (χ4n) is 1.57. The van der Waals surface area contributed by atoms with E-state index in [-0.39, 0.29) is 0 Å². The van der Waals surface area contributed by atoms with E-state index in [1.54, 1.807) is 36.4 Å². The van der Waals surface area contributed by atoms with Gasteiger partial charge in [0.15, 0.2) is 0 Å². The molecule has 0 aliphatic heterocycles. The molecule has 2 aromatic carbocycles. The summed E-state index contributed by atoms with van der Waals surface area (Å²) in [4.78, 5) is 0. The largest absolute Gasteiger partial charge is 0.492 e. The average Bonchev–Trinajstić information content (AvgIpc) is 2.38. The van der Waals surface area contributed by atoms with Crippen LogP contribution in [0.15, 0.2) is 48.5 Å². The van der Waals surface area contributed by atoms with Crippen LogP contribution >= 0.6 is 11.6 Å². The van der Waals surface area contributed by atoms with Crippen LogP contribution in [-0.2, 0) is 6.61 Å². The lowest BCUT2D eigenvalue weighted by Crippen LogP contribution is -2.31. The number of benzene rings is 2. The third-order valence-corrected chi connectivity index (χ3v) is 2.76. The molecular formula is C13H12BClO3. The van der Waals surface area contributed by atoms with Crippen molar-refractivity contribution < 1.29 is 14.8 Å². The quantitative estimate of drug-likeness (QED) is 0.823. The minimum atomic E-state index is -1.54. The van der Waals surface area contributed by atoms with Crippen LogP contribution < -0.4 is 10.2 Å². The van der Waals surface area contributed by atoms with Gasteiger partial charge in [0.25, 0.3) is 0 Å². The van der Waals surface area contributed by atoms with Gasteiger partial charge in [0.05, 0.1) is 0 Å². The summed E-state index contributed by atoms with van der Waals surface area (Å²) in [5, 5.41) is 19.1. The minimum absolute atomic E-state index is 0.348. The van der Waals surface area contributed by atoms with Crippen molar-refractivity contribution >= 4 is 24.2 Å². The number of hydrogen-bond acceptors (Lipinski definition) is 3. The van der Waals surface area contributed by atoms with E-state index in [0.29, 0.717) is 22.8 Å². The first kappa shape index (κ1) is 13.0. The normalized spacial score (nSPS) is 10.2. The molecule has 0 heterocycles. The first-order chi connectivity index (χ1) is 8.66. The Balaban J connectivity index is 2.08. The number of rotatable bonds is 4. The van der Waals surface area contributed by atoms with Gasteiger partial charge >= 0.3 is 7.12 Å². The van der Waals surface area contributed by atoms with Crippen molar-refractivity contribution in [2.24, 2.45) is 0 Å². The molecule has 0 spiro atoms. The van der Waals surface area contributed by atoms with Crippen molar-refractivity contribution in [1.82, 2.24) is 0 Å². The Morgan fingerprint density at radius 1 is 1.00 bits per heavy atom. The van der Waals surface area contributed by atoms with E-state index < -0.39 is 7.12 Å². The molecule has 0 bridgehead atoms. The SMILES string of the molecule is OB(O)c1ccccc1OCc1ccc(Cl)cc1. The van der Waals surface area contributed by atoms with Crippen molar-refractivity contribution in [3.05, 3.63) is 59.1 Å². The molecule has 5 heteroatoms. The first-order valence-electron chi connectivity index (χ1n) is 5.49. The van der Waals surface area contributed by atoms with E-state index in [2.05, 4.69) is 0 Å². The summed E-state index contributed by atoms with van der Waals surface area (Å²) in [6.07, 6.45) is 0. The van der Waals surface area contributed by atoms with Gasteiger partial charge in [-0.05, 0) is 23.8 Å². The summed E-state index contributed by atoms with van der Waals surface area (Å²) in [5.74, 6) is 0.461. The van der Waals surface area contributed by atoms with Gasteiger partial charge < -0.3 is 14.8 Å². The van der Waals surface area contributed by atoms with E-state index in [9.17, 15) is 10.0 Å². The van der Waals surface area contributed by atoms with Crippen molar-refractivity contribution in [3.63, 3.8) is 0 Å². The molecule has 0 atom stereocenters. The Morgan fingerprint density at radius 2 is 1.67 bits per heavy atom.